The standard InChI is InChI=1S/C11H8FNO2/c12-9-3-1-8(2-4-9)10(14)11(5-13)6-15-7-11/h1-4H,6-7H2. The third kappa shape index (κ3) is 1.51. The average Bonchev–Trinajstić information content (AvgIpc) is 2.18. The van der Waals surface area contributed by atoms with E-state index in [0.29, 0.717) is 5.56 Å². The van der Waals surface area contributed by atoms with E-state index in [1.807, 2.05) is 6.07 Å². The van der Waals surface area contributed by atoms with Crippen LogP contribution in [0, 0.1) is 22.6 Å². The monoisotopic (exact) mass is 205 g/mol. The molecular formula is C11H8FNO2. The van der Waals surface area contributed by atoms with E-state index < -0.39 is 11.2 Å². The topological polar surface area (TPSA) is 50.1 Å². The number of hydrogen-bond donors (Lipinski definition) is 0. The fraction of sp³-hybridized carbons (Fsp3) is 0.273. The summed E-state index contributed by atoms with van der Waals surface area (Å²) in [5.41, 5.74) is -0.709. The Morgan fingerprint density at radius 3 is 2.40 bits per heavy atom. The Morgan fingerprint density at radius 1 is 1.40 bits per heavy atom. The number of nitrogens with zero attached hydrogens (tertiary/aromatic N) is 1. The van der Waals surface area contributed by atoms with Crippen molar-refractivity contribution in [3.05, 3.63) is 35.6 Å². The molecule has 0 saturated carbocycles. The second-order valence-corrected chi connectivity index (χ2v) is 3.52. The first-order valence-corrected chi connectivity index (χ1v) is 4.47. The highest BCUT2D eigenvalue weighted by atomic mass is 19.1. The lowest BCUT2D eigenvalue weighted by atomic mass is 9.80. The van der Waals surface area contributed by atoms with Gasteiger partial charge in [0, 0.05) is 5.56 Å². The van der Waals surface area contributed by atoms with Crippen LogP contribution in [-0.2, 0) is 4.74 Å². The molecule has 1 fully saturated rings. The molecule has 0 aromatic heterocycles. The lowest BCUT2D eigenvalue weighted by molar-refractivity contribution is -0.0566. The quantitative estimate of drug-likeness (QED) is 0.688. The second kappa shape index (κ2) is 3.44. The maximum Gasteiger partial charge on any atom is 0.187 e. The van der Waals surface area contributed by atoms with E-state index in [1.54, 1.807) is 0 Å². The van der Waals surface area contributed by atoms with Crippen LogP contribution in [0.2, 0.25) is 0 Å². The molecule has 1 aromatic rings. The smallest absolute Gasteiger partial charge is 0.187 e. The summed E-state index contributed by atoms with van der Waals surface area (Å²) in [7, 11) is 0. The van der Waals surface area contributed by atoms with Crippen molar-refractivity contribution in [1.82, 2.24) is 0 Å². The summed E-state index contributed by atoms with van der Waals surface area (Å²) < 4.78 is 17.5. The van der Waals surface area contributed by atoms with Crippen LogP contribution in [0.15, 0.2) is 24.3 Å². The molecule has 0 aliphatic carbocycles. The molecule has 0 atom stereocenters. The first-order valence-electron chi connectivity index (χ1n) is 4.47. The summed E-state index contributed by atoms with van der Waals surface area (Å²) in [5.74, 6) is -0.696. The molecule has 1 heterocycles. The van der Waals surface area contributed by atoms with Crippen LogP contribution < -0.4 is 0 Å². The predicted octanol–water partition coefficient (Wildman–Crippen LogP) is 1.55. The molecule has 76 valence electrons. The highest BCUT2D eigenvalue weighted by Gasteiger charge is 2.46. The van der Waals surface area contributed by atoms with Gasteiger partial charge in [-0.25, -0.2) is 4.39 Å². The summed E-state index contributed by atoms with van der Waals surface area (Å²) in [4.78, 5) is 11.9. The van der Waals surface area contributed by atoms with E-state index in [-0.39, 0.29) is 19.0 Å². The Balaban J connectivity index is 2.29. The minimum Gasteiger partial charge on any atom is -0.377 e. The minimum atomic E-state index is -1.06. The molecule has 4 heteroatoms. The predicted molar refractivity (Wildman–Crippen MR) is 49.6 cm³/mol. The molecule has 1 aromatic carbocycles. The number of carbonyl (C=O) groups is 1. The average molecular weight is 205 g/mol. The van der Waals surface area contributed by atoms with Gasteiger partial charge < -0.3 is 4.74 Å². The van der Waals surface area contributed by atoms with Gasteiger partial charge in [0.15, 0.2) is 11.2 Å². The molecule has 0 spiro atoms. The van der Waals surface area contributed by atoms with Gasteiger partial charge >= 0.3 is 0 Å². The van der Waals surface area contributed by atoms with Crippen LogP contribution in [0.3, 0.4) is 0 Å². The molecule has 1 aliphatic rings. The Morgan fingerprint density at radius 2 is 2.00 bits per heavy atom. The van der Waals surface area contributed by atoms with Crippen molar-refractivity contribution in [2.24, 2.45) is 5.41 Å². The van der Waals surface area contributed by atoms with Crippen molar-refractivity contribution in [2.45, 2.75) is 0 Å². The zero-order valence-corrected chi connectivity index (χ0v) is 7.87. The normalized spacial score (nSPS) is 17.6. The number of halogens is 1. The SMILES string of the molecule is N#CC1(C(=O)c2ccc(F)cc2)COC1. The van der Waals surface area contributed by atoms with E-state index >= 15 is 0 Å². The maximum absolute atomic E-state index is 12.6. The van der Waals surface area contributed by atoms with Gasteiger partial charge in [-0.2, -0.15) is 5.26 Å². The van der Waals surface area contributed by atoms with Crippen molar-refractivity contribution in [1.29, 1.82) is 5.26 Å². The lowest BCUT2D eigenvalue weighted by Gasteiger charge is -2.33. The fourth-order valence-corrected chi connectivity index (χ4v) is 1.43. The van der Waals surface area contributed by atoms with Gasteiger partial charge in [0.05, 0.1) is 19.3 Å². The van der Waals surface area contributed by atoms with Gasteiger partial charge in [0.1, 0.15) is 5.82 Å². The van der Waals surface area contributed by atoms with Crippen LogP contribution in [0.5, 0.6) is 0 Å². The summed E-state index contributed by atoms with van der Waals surface area (Å²) >= 11 is 0. The van der Waals surface area contributed by atoms with Crippen molar-refractivity contribution in [3.8, 4) is 6.07 Å². The molecule has 0 amide bonds. The lowest BCUT2D eigenvalue weighted by Crippen LogP contribution is -2.47. The molecule has 0 radical (unpaired) electrons. The number of rotatable bonds is 2. The molecule has 0 unspecified atom stereocenters. The zero-order valence-electron chi connectivity index (χ0n) is 7.87. The van der Waals surface area contributed by atoms with E-state index in [9.17, 15) is 9.18 Å². The van der Waals surface area contributed by atoms with Gasteiger partial charge in [0.2, 0.25) is 0 Å². The largest absolute Gasteiger partial charge is 0.377 e. The second-order valence-electron chi connectivity index (χ2n) is 3.52. The number of benzene rings is 1. The van der Waals surface area contributed by atoms with Gasteiger partial charge in [-0.15, -0.1) is 0 Å². The zero-order chi connectivity index (χ0) is 10.9. The van der Waals surface area contributed by atoms with Crippen LogP contribution in [0.25, 0.3) is 0 Å². The summed E-state index contributed by atoms with van der Waals surface area (Å²) in [6, 6.07) is 7.14. The first kappa shape index (κ1) is 9.81. The summed E-state index contributed by atoms with van der Waals surface area (Å²) in [6.45, 7) is 0.249. The Kier molecular flexibility index (Phi) is 2.25. The van der Waals surface area contributed by atoms with Gasteiger partial charge in [-0.1, -0.05) is 0 Å². The number of ketones is 1. The minimum absolute atomic E-state index is 0.125. The van der Waals surface area contributed by atoms with E-state index in [0.717, 1.165) is 0 Å². The van der Waals surface area contributed by atoms with Crippen LogP contribution in [0.4, 0.5) is 4.39 Å². The van der Waals surface area contributed by atoms with Gasteiger partial charge in [0.25, 0.3) is 0 Å². The van der Waals surface area contributed by atoms with Crippen molar-refractivity contribution < 1.29 is 13.9 Å². The van der Waals surface area contributed by atoms with Gasteiger partial charge in [-0.05, 0) is 24.3 Å². The molecule has 15 heavy (non-hydrogen) atoms. The third-order valence-corrected chi connectivity index (χ3v) is 2.45. The number of nitriles is 1. The maximum atomic E-state index is 12.6. The van der Waals surface area contributed by atoms with Crippen molar-refractivity contribution in [2.75, 3.05) is 13.2 Å². The third-order valence-electron chi connectivity index (χ3n) is 2.45. The highest BCUT2D eigenvalue weighted by molar-refractivity contribution is 6.03. The molecule has 0 bridgehead atoms. The van der Waals surface area contributed by atoms with Crippen molar-refractivity contribution >= 4 is 5.78 Å². The van der Waals surface area contributed by atoms with E-state index in [2.05, 4.69) is 0 Å². The molecule has 0 N–H and O–H groups in total. The van der Waals surface area contributed by atoms with Gasteiger partial charge in [-0.3, -0.25) is 4.79 Å². The molecular weight excluding hydrogens is 197 g/mol. The van der Waals surface area contributed by atoms with E-state index in [4.69, 9.17) is 10.00 Å². The first-order chi connectivity index (χ1) is 7.18. The molecule has 1 aliphatic heterocycles. The summed E-state index contributed by atoms with van der Waals surface area (Å²) in [5, 5.41) is 8.90. The number of Topliss-reactive ketones (excluding diaryl/α,β-unsaturated/α-hetero) is 1. The number of hydrogen-bond acceptors (Lipinski definition) is 3. The Hall–Kier alpha value is -1.73. The van der Waals surface area contributed by atoms with Crippen LogP contribution >= 0.6 is 0 Å². The van der Waals surface area contributed by atoms with E-state index in [1.165, 1.54) is 24.3 Å². The molecule has 2 rings (SSSR count). The van der Waals surface area contributed by atoms with Crippen LogP contribution in [0.1, 0.15) is 10.4 Å². The molecule has 3 nitrogen and oxygen atoms in total. The highest BCUT2D eigenvalue weighted by Crippen LogP contribution is 2.30. The Labute approximate surface area is 86.1 Å². The number of carbonyl (C=O) groups excluding carboxylic acids is 1. The Bertz CT molecular complexity index is 429. The van der Waals surface area contributed by atoms with Crippen molar-refractivity contribution in [3.63, 3.8) is 0 Å². The van der Waals surface area contributed by atoms with Crippen LogP contribution in [-0.4, -0.2) is 19.0 Å². The number of ether oxygens (including phenoxy) is 1. The summed E-state index contributed by atoms with van der Waals surface area (Å²) in [6.07, 6.45) is 0. The fourth-order valence-electron chi connectivity index (χ4n) is 1.43. The molecule has 1 saturated heterocycles.